The predicted molar refractivity (Wildman–Crippen MR) is 73.2 cm³/mol. The van der Waals surface area contributed by atoms with Crippen molar-refractivity contribution in [3.05, 3.63) is 68.9 Å². The van der Waals surface area contributed by atoms with Gasteiger partial charge in [-0.3, -0.25) is 4.79 Å². The highest BCUT2D eigenvalue weighted by Crippen LogP contribution is 2.23. The summed E-state index contributed by atoms with van der Waals surface area (Å²) >= 11 is 3.04. The molecule has 0 unspecified atom stereocenters. The molecule has 0 aliphatic heterocycles. The number of halogens is 4. The van der Waals surface area contributed by atoms with Crippen molar-refractivity contribution in [2.24, 2.45) is 0 Å². The minimum Gasteiger partial charge on any atom is -0.294 e. The van der Waals surface area contributed by atoms with E-state index in [1.165, 1.54) is 25.1 Å². The average molecular weight is 343 g/mol. The molecule has 0 aromatic heterocycles. The summed E-state index contributed by atoms with van der Waals surface area (Å²) in [7, 11) is 0. The molecule has 104 valence electrons. The molecular formula is C15H10BrF3O. The van der Waals surface area contributed by atoms with Crippen LogP contribution < -0.4 is 0 Å². The van der Waals surface area contributed by atoms with Crippen molar-refractivity contribution < 1.29 is 18.0 Å². The number of carbonyl (C=O) groups excluding carboxylic acids is 1. The van der Waals surface area contributed by atoms with Crippen LogP contribution in [-0.4, -0.2) is 5.78 Å². The Balaban J connectivity index is 2.33. The van der Waals surface area contributed by atoms with Crippen LogP contribution in [0.2, 0.25) is 0 Å². The summed E-state index contributed by atoms with van der Waals surface area (Å²) in [6, 6.07) is 6.14. The molecular weight excluding hydrogens is 333 g/mol. The minimum atomic E-state index is -0.911. The highest BCUT2D eigenvalue weighted by atomic mass is 79.9. The molecule has 0 aliphatic carbocycles. The summed E-state index contributed by atoms with van der Waals surface area (Å²) in [5.41, 5.74) is 0.407. The van der Waals surface area contributed by atoms with Crippen molar-refractivity contribution in [3.8, 4) is 0 Å². The van der Waals surface area contributed by atoms with Crippen LogP contribution in [-0.2, 0) is 6.42 Å². The highest BCUT2D eigenvalue weighted by molar-refractivity contribution is 9.10. The predicted octanol–water partition coefficient (Wildman–Crippen LogP) is 4.60. The van der Waals surface area contributed by atoms with Crippen LogP contribution >= 0.6 is 15.9 Å². The second kappa shape index (κ2) is 5.79. The summed E-state index contributed by atoms with van der Waals surface area (Å²) in [6.45, 7) is 1.45. The summed E-state index contributed by atoms with van der Waals surface area (Å²) < 4.78 is 40.3. The topological polar surface area (TPSA) is 17.1 Å². The monoisotopic (exact) mass is 342 g/mol. The van der Waals surface area contributed by atoms with Crippen LogP contribution in [0.5, 0.6) is 0 Å². The number of ketones is 1. The molecule has 0 radical (unpaired) electrons. The first-order valence-electron chi connectivity index (χ1n) is 5.82. The molecule has 2 aromatic carbocycles. The van der Waals surface area contributed by atoms with Gasteiger partial charge in [0.05, 0.1) is 10.0 Å². The van der Waals surface area contributed by atoms with E-state index < -0.39 is 23.2 Å². The van der Waals surface area contributed by atoms with E-state index in [4.69, 9.17) is 0 Å². The number of benzene rings is 2. The van der Waals surface area contributed by atoms with Crippen LogP contribution in [0.1, 0.15) is 21.5 Å². The molecule has 5 heteroatoms. The highest BCUT2D eigenvalue weighted by Gasteiger charge is 2.17. The molecule has 0 spiro atoms. The third-order valence-corrected chi connectivity index (χ3v) is 3.82. The van der Waals surface area contributed by atoms with Crippen LogP contribution in [0.4, 0.5) is 13.2 Å². The second-order valence-electron chi connectivity index (χ2n) is 4.39. The molecule has 2 aromatic rings. The number of Topliss-reactive ketones (excluding diaryl/α,β-unsaturated/α-hetero) is 1. The number of hydrogen-bond acceptors (Lipinski definition) is 1. The van der Waals surface area contributed by atoms with E-state index in [0.717, 1.165) is 0 Å². The Morgan fingerprint density at radius 1 is 1.10 bits per heavy atom. The second-order valence-corrected chi connectivity index (χ2v) is 5.19. The van der Waals surface area contributed by atoms with Gasteiger partial charge in [0.15, 0.2) is 5.78 Å². The Labute approximate surface area is 122 Å². The molecule has 0 atom stereocenters. The van der Waals surface area contributed by atoms with Gasteiger partial charge in [-0.2, -0.15) is 0 Å². The zero-order valence-electron chi connectivity index (χ0n) is 10.5. The molecule has 2 rings (SSSR count). The maximum atomic E-state index is 13.6. The lowest BCUT2D eigenvalue weighted by Gasteiger charge is -2.07. The van der Waals surface area contributed by atoms with Crippen molar-refractivity contribution in [1.29, 1.82) is 0 Å². The lowest BCUT2D eigenvalue weighted by atomic mass is 10.0. The van der Waals surface area contributed by atoms with E-state index in [2.05, 4.69) is 15.9 Å². The number of rotatable bonds is 3. The SMILES string of the molecule is Cc1cc(C(=O)Cc2cccc(F)c2Br)c(F)cc1F. The fourth-order valence-corrected chi connectivity index (χ4v) is 2.23. The first-order valence-corrected chi connectivity index (χ1v) is 6.61. The van der Waals surface area contributed by atoms with Gasteiger partial charge in [-0.05, 0) is 46.1 Å². The Morgan fingerprint density at radius 3 is 2.50 bits per heavy atom. The number of aryl methyl sites for hydroxylation is 1. The Kier molecular flexibility index (Phi) is 4.28. The van der Waals surface area contributed by atoms with E-state index >= 15 is 0 Å². The van der Waals surface area contributed by atoms with E-state index in [-0.39, 0.29) is 22.0 Å². The largest absolute Gasteiger partial charge is 0.294 e. The minimum absolute atomic E-state index is 0.166. The van der Waals surface area contributed by atoms with Crippen LogP contribution in [0.25, 0.3) is 0 Å². The van der Waals surface area contributed by atoms with E-state index in [0.29, 0.717) is 11.6 Å². The third-order valence-electron chi connectivity index (χ3n) is 2.93. The molecule has 0 N–H and O–H groups in total. The number of carbonyl (C=O) groups is 1. The van der Waals surface area contributed by atoms with E-state index in [9.17, 15) is 18.0 Å². The summed E-state index contributed by atoms with van der Waals surface area (Å²) in [5.74, 6) is -2.64. The Morgan fingerprint density at radius 2 is 1.80 bits per heavy atom. The van der Waals surface area contributed by atoms with Crippen molar-refractivity contribution in [1.82, 2.24) is 0 Å². The van der Waals surface area contributed by atoms with Gasteiger partial charge in [0.25, 0.3) is 0 Å². The lowest BCUT2D eigenvalue weighted by molar-refractivity contribution is 0.0988. The average Bonchev–Trinajstić information content (AvgIpc) is 2.39. The maximum absolute atomic E-state index is 13.6. The zero-order chi connectivity index (χ0) is 14.9. The first-order chi connectivity index (χ1) is 9.40. The van der Waals surface area contributed by atoms with Crippen molar-refractivity contribution >= 4 is 21.7 Å². The van der Waals surface area contributed by atoms with Gasteiger partial charge in [0.2, 0.25) is 0 Å². The summed E-state index contributed by atoms with van der Waals surface area (Å²) in [5, 5.41) is 0. The van der Waals surface area contributed by atoms with Gasteiger partial charge >= 0.3 is 0 Å². The zero-order valence-corrected chi connectivity index (χ0v) is 12.1. The van der Waals surface area contributed by atoms with E-state index in [1.54, 1.807) is 6.07 Å². The van der Waals surface area contributed by atoms with Crippen molar-refractivity contribution in [2.75, 3.05) is 0 Å². The number of hydrogen-bond donors (Lipinski definition) is 0. The lowest BCUT2D eigenvalue weighted by Crippen LogP contribution is -2.08. The normalized spacial score (nSPS) is 10.7. The smallest absolute Gasteiger partial charge is 0.170 e. The maximum Gasteiger partial charge on any atom is 0.170 e. The molecule has 0 saturated carbocycles. The quantitative estimate of drug-likeness (QED) is 0.745. The van der Waals surface area contributed by atoms with Gasteiger partial charge in [0.1, 0.15) is 17.5 Å². The van der Waals surface area contributed by atoms with Gasteiger partial charge < -0.3 is 0 Å². The first kappa shape index (κ1) is 14.8. The van der Waals surface area contributed by atoms with E-state index in [1.807, 2.05) is 0 Å². The fourth-order valence-electron chi connectivity index (χ4n) is 1.82. The summed E-state index contributed by atoms with van der Waals surface area (Å²) in [6.07, 6.45) is -0.166. The van der Waals surface area contributed by atoms with Crippen molar-refractivity contribution in [2.45, 2.75) is 13.3 Å². The van der Waals surface area contributed by atoms with Crippen LogP contribution in [0.3, 0.4) is 0 Å². The fraction of sp³-hybridized carbons (Fsp3) is 0.133. The Bertz CT molecular complexity index is 683. The molecule has 0 fully saturated rings. The molecule has 0 aliphatic rings. The van der Waals surface area contributed by atoms with Crippen LogP contribution in [0.15, 0.2) is 34.8 Å². The molecule has 1 nitrogen and oxygen atoms in total. The molecule has 20 heavy (non-hydrogen) atoms. The van der Waals surface area contributed by atoms with Gasteiger partial charge in [-0.1, -0.05) is 12.1 Å². The molecule has 0 saturated heterocycles. The molecule has 0 bridgehead atoms. The molecule has 0 heterocycles. The van der Waals surface area contributed by atoms with Crippen molar-refractivity contribution in [3.63, 3.8) is 0 Å². The molecule has 0 amide bonds. The van der Waals surface area contributed by atoms with Gasteiger partial charge in [-0.15, -0.1) is 0 Å². The summed E-state index contributed by atoms with van der Waals surface area (Å²) in [4.78, 5) is 12.1. The van der Waals surface area contributed by atoms with Gasteiger partial charge in [-0.25, -0.2) is 13.2 Å². The standard InChI is InChI=1S/C15H10BrF3O/c1-8-5-10(13(19)7-12(8)18)14(20)6-9-3-2-4-11(17)15(9)16/h2-5,7H,6H2,1H3. The third kappa shape index (κ3) is 2.93. The van der Waals surface area contributed by atoms with Gasteiger partial charge in [0, 0.05) is 12.5 Å². The van der Waals surface area contributed by atoms with Crippen LogP contribution in [0, 0.1) is 24.4 Å². The Hall–Kier alpha value is -1.62.